The van der Waals surface area contributed by atoms with E-state index in [1.807, 2.05) is 0 Å². The summed E-state index contributed by atoms with van der Waals surface area (Å²) in [5, 5.41) is 21.9. The number of nitrogens with two attached hydrogens (primary N) is 1. The largest absolute Gasteiger partial charge is 0.476 e. The molecule has 0 aliphatic carbocycles. The van der Waals surface area contributed by atoms with Crippen LogP contribution in [0.15, 0.2) is 29.3 Å². The smallest absolute Gasteiger partial charge is 0.387 e. The Morgan fingerprint density at radius 3 is 2.76 bits per heavy atom. The summed E-state index contributed by atoms with van der Waals surface area (Å²) in [7, 11) is -4.39. The van der Waals surface area contributed by atoms with E-state index in [4.69, 9.17) is 24.0 Å². The molecule has 6 atom stereocenters. The van der Waals surface area contributed by atoms with Gasteiger partial charge in [-0.1, -0.05) is 15.9 Å². The molecular formula is C22H25BrF2N5O7P. The zero-order chi connectivity index (χ0) is 27.6. The minimum atomic E-state index is -4.39. The molecule has 16 heteroatoms. The summed E-state index contributed by atoms with van der Waals surface area (Å²) in [6.07, 6.45) is -2.46. The van der Waals surface area contributed by atoms with Gasteiger partial charge in [0.2, 0.25) is 0 Å². The third kappa shape index (κ3) is 4.86. The third-order valence-corrected chi connectivity index (χ3v) is 8.61. The summed E-state index contributed by atoms with van der Waals surface area (Å²) in [5.41, 5.74) is 3.24. The van der Waals surface area contributed by atoms with Gasteiger partial charge < -0.3 is 20.7 Å². The number of benzene rings is 1. The topological polar surface area (TPSA) is 164 Å². The number of anilines is 1. The number of nitrogen functional groups attached to an aromatic ring is 1. The minimum absolute atomic E-state index is 0.0468. The Morgan fingerprint density at radius 1 is 1.29 bits per heavy atom. The number of nitrogens with zero attached hydrogens (tertiary/aromatic N) is 4. The number of hydrogen-bond donors (Lipinski definition) is 3. The highest BCUT2D eigenvalue weighted by atomic mass is 79.9. The van der Waals surface area contributed by atoms with E-state index in [0.29, 0.717) is 0 Å². The average Bonchev–Trinajstić information content (AvgIpc) is 3.33. The van der Waals surface area contributed by atoms with Gasteiger partial charge in [0.15, 0.2) is 29.3 Å². The molecule has 206 valence electrons. The molecule has 0 saturated carbocycles. The van der Waals surface area contributed by atoms with Crippen LogP contribution in [0.5, 0.6) is 0 Å². The van der Waals surface area contributed by atoms with E-state index in [2.05, 4.69) is 30.9 Å². The van der Waals surface area contributed by atoms with Crippen LogP contribution in [-0.4, -0.2) is 59.7 Å². The zero-order valence-corrected chi connectivity index (χ0v) is 22.9. The quantitative estimate of drug-likeness (QED) is 0.282. The van der Waals surface area contributed by atoms with Gasteiger partial charge in [-0.25, -0.2) is 28.3 Å². The normalized spacial score (nSPS) is 33.2. The molecule has 3 aromatic rings. The number of rotatable bonds is 5. The number of ether oxygens (including phenoxy) is 1. The molecule has 4 N–H and O–H groups in total. The van der Waals surface area contributed by atoms with Crippen LogP contribution in [0.3, 0.4) is 0 Å². The number of hydrogen-bond acceptors (Lipinski definition) is 11. The van der Waals surface area contributed by atoms with Crippen molar-refractivity contribution in [2.45, 2.75) is 62.9 Å². The summed E-state index contributed by atoms with van der Waals surface area (Å²) in [6.45, 7) is 4.01. The van der Waals surface area contributed by atoms with Crippen molar-refractivity contribution >= 4 is 40.7 Å². The lowest BCUT2D eigenvalue weighted by Gasteiger charge is -2.39. The summed E-state index contributed by atoms with van der Waals surface area (Å²) in [4.78, 5) is 12.1. The predicted octanol–water partition coefficient (Wildman–Crippen LogP) is 3.54. The molecule has 2 aromatic heterocycles. The molecule has 0 bridgehead atoms. The number of imidazole rings is 1. The highest BCUT2D eigenvalue weighted by Crippen LogP contribution is 2.62. The van der Waals surface area contributed by atoms with Gasteiger partial charge in [-0.05, 0) is 32.9 Å². The Labute approximate surface area is 223 Å². The van der Waals surface area contributed by atoms with Crippen LogP contribution in [0.4, 0.5) is 14.6 Å². The van der Waals surface area contributed by atoms with E-state index in [-0.39, 0.29) is 33.4 Å². The number of phosphoric acid groups is 1. The van der Waals surface area contributed by atoms with Crippen LogP contribution in [-0.2, 0) is 22.9 Å². The highest BCUT2D eigenvalue weighted by molar-refractivity contribution is 9.10. The van der Waals surface area contributed by atoms with Crippen molar-refractivity contribution < 1.29 is 41.9 Å². The lowest BCUT2D eigenvalue weighted by atomic mass is 9.96. The van der Waals surface area contributed by atoms with Crippen LogP contribution in [0, 0.1) is 11.6 Å². The fourth-order valence-corrected chi connectivity index (χ4v) is 6.73. The van der Waals surface area contributed by atoms with Crippen molar-refractivity contribution in [2.75, 3.05) is 12.3 Å². The molecular weight excluding hydrogens is 595 g/mol. The van der Waals surface area contributed by atoms with E-state index in [1.54, 1.807) is 13.8 Å². The third-order valence-electron chi connectivity index (χ3n) is 6.45. The number of fused-ring (bicyclic) bond motifs is 1. The lowest BCUT2D eigenvalue weighted by Crippen LogP contribution is -2.44. The first-order valence-electron chi connectivity index (χ1n) is 11.5. The van der Waals surface area contributed by atoms with Gasteiger partial charge in [-0.15, -0.1) is 0 Å². The Bertz CT molecular complexity index is 1440. The maximum absolute atomic E-state index is 14.6. The molecule has 2 aliphatic heterocycles. The molecule has 0 amide bonds. The van der Waals surface area contributed by atoms with Crippen molar-refractivity contribution in [3.63, 3.8) is 0 Å². The van der Waals surface area contributed by atoms with Crippen LogP contribution < -0.4 is 5.73 Å². The van der Waals surface area contributed by atoms with Gasteiger partial charge in [0, 0.05) is 16.5 Å². The molecule has 1 aromatic carbocycles. The molecule has 0 radical (unpaired) electrons. The number of aliphatic hydroxyl groups is 2. The van der Waals surface area contributed by atoms with Crippen molar-refractivity contribution in [1.29, 1.82) is 0 Å². The second-order valence-corrected chi connectivity index (χ2v) is 12.4. The van der Waals surface area contributed by atoms with Crippen molar-refractivity contribution in [3.8, 4) is 0 Å². The molecule has 1 unspecified atom stereocenters. The monoisotopic (exact) mass is 619 g/mol. The standard InChI is InChI=1S/C22H25BrF2N5O7P/c1-21(2)6-13(11-4-10(23)5-12(24)15(11)25)36-38(33,37-21)34-7-14-17(31)22(3,32)20(35-14)30-9-29-16-18(26)27-8-28-19(16)30/h4-5,8-9,13-14,17,20,31-32H,6-7H2,1-3H3,(H2,26,27,28)/t13-,14?,17+,20+,22+,38+/m0/s1. The van der Waals surface area contributed by atoms with Gasteiger partial charge in [0.25, 0.3) is 0 Å². The summed E-state index contributed by atoms with van der Waals surface area (Å²) >= 11 is 3.12. The van der Waals surface area contributed by atoms with E-state index >= 15 is 0 Å². The molecule has 12 nitrogen and oxygen atoms in total. The van der Waals surface area contributed by atoms with Gasteiger partial charge in [0.05, 0.1) is 18.5 Å². The number of phosphoric ester groups is 1. The second-order valence-electron chi connectivity index (χ2n) is 9.96. The van der Waals surface area contributed by atoms with E-state index in [9.17, 15) is 23.6 Å². The van der Waals surface area contributed by atoms with Gasteiger partial charge >= 0.3 is 7.82 Å². The van der Waals surface area contributed by atoms with E-state index in [0.717, 1.165) is 6.07 Å². The molecule has 0 spiro atoms. The van der Waals surface area contributed by atoms with Gasteiger partial charge in [-0.3, -0.25) is 18.1 Å². The second kappa shape index (κ2) is 9.52. The number of aromatic nitrogens is 4. The summed E-state index contributed by atoms with van der Waals surface area (Å²) < 4.78 is 66.3. The number of halogens is 3. The lowest BCUT2D eigenvalue weighted by molar-refractivity contribution is -0.0967. The van der Waals surface area contributed by atoms with Gasteiger partial charge in [-0.2, -0.15) is 0 Å². The molecule has 2 aliphatic rings. The molecule has 2 saturated heterocycles. The van der Waals surface area contributed by atoms with E-state index in [1.165, 1.54) is 30.2 Å². The van der Waals surface area contributed by atoms with Crippen molar-refractivity contribution in [3.05, 3.63) is 46.5 Å². The van der Waals surface area contributed by atoms with E-state index < -0.39 is 61.8 Å². The van der Waals surface area contributed by atoms with Crippen molar-refractivity contribution in [2.24, 2.45) is 0 Å². The first-order chi connectivity index (χ1) is 17.7. The maximum Gasteiger partial charge on any atom is 0.476 e. The SMILES string of the molecule is CC1(C)C[C@@H](c2cc(Br)cc(F)c2F)O[P@@](=O)(OCC2O[C@@H](n3cnc4c(N)ncnc43)[C@](C)(O)[C@@H]2O)O1. The first kappa shape index (κ1) is 27.5. The van der Waals surface area contributed by atoms with Gasteiger partial charge in [0.1, 0.15) is 35.8 Å². The average molecular weight is 620 g/mol. The fourth-order valence-electron chi connectivity index (χ4n) is 4.62. The Morgan fingerprint density at radius 2 is 2.03 bits per heavy atom. The van der Waals surface area contributed by atoms with Crippen LogP contribution in [0.1, 0.15) is 45.1 Å². The van der Waals surface area contributed by atoms with Crippen LogP contribution in [0.25, 0.3) is 11.2 Å². The van der Waals surface area contributed by atoms with Crippen LogP contribution in [0.2, 0.25) is 0 Å². The zero-order valence-electron chi connectivity index (χ0n) is 20.4. The number of aliphatic hydroxyl groups excluding tert-OH is 1. The fraction of sp³-hybridized carbons (Fsp3) is 0.500. The van der Waals surface area contributed by atoms with Crippen molar-refractivity contribution in [1.82, 2.24) is 19.5 Å². The Kier molecular flexibility index (Phi) is 6.88. The molecule has 5 rings (SSSR count). The maximum atomic E-state index is 14.6. The Hall–Kier alpha value is -2.10. The molecule has 38 heavy (non-hydrogen) atoms. The van der Waals surface area contributed by atoms with Crippen LogP contribution >= 0.6 is 23.8 Å². The minimum Gasteiger partial charge on any atom is -0.387 e. The Balaban J connectivity index is 1.37. The first-order valence-corrected chi connectivity index (χ1v) is 13.7. The molecule has 2 fully saturated rings. The highest BCUT2D eigenvalue weighted by Gasteiger charge is 2.55. The summed E-state index contributed by atoms with van der Waals surface area (Å²) in [6, 6.07) is 2.29. The summed E-state index contributed by atoms with van der Waals surface area (Å²) in [5.74, 6) is -2.13. The predicted molar refractivity (Wildman–Crippen MR) is 131 cm³/mol. The molecule has 4 heterocycles.